The summed E-state index contributed by atoms with van der Waals surface area (Å²) in [6, 6.07) is 10.5. The molecule has 0 heterocycles. The normalized spacial score (nSPS) is 25.8. The number of fused-ring (bicyclic) bond motifs is 1. The number of rotatable bonds is 6. The second-order valence-electron chi connectivity index (χ2n) is 6.47. The molecule has 0 bridgehead atoms. The Hall–Kier alpha value is -0.860. The van der Waals surface area contributed by atoms with E-state index in [9.17, 15) is 0 Å². The summed E-state index contributed by atoms with van der Waals surface area (Å²) in [4.78, 5) is 2.63. The molecule has 110 valence electrons. The van der Waals surface area contributed by atoms with Crippen LogP contribution in [0.1, 0.15) is 62.6 Å². The zero-order valence-corrected chi connectivity index (χ0v) is 12.9. The predicted octanol–water partition coefficient (Wildman–Crippen LogP) is 3.70. The minimum atomic E-state index is 0.570. The maximum atomic E-state index is 3.80. The molecule has 0 saturated heterocycles. The third-order valence-electron chi connectivity index (χ3n) is 5.05. The fourth-order valence-corrected chi connectivity index (χ4v) is 3.64. The van der Waals surface area contributed by atoms with Crippen molar-refractivity contribution in [3.8, 4) is 0 Å². The van der Waals surface area contributed by atoms with Crippen LogP contribution in [0, 0.1) is 0 Å². The third-order valence-corrected chi connectivity index (χ3v) is 5.05. The van der Waals surface area contributed by atoms with Gasteiger partial charge in [0, 0.05) is 25.2 Å². The van der Waals surface area contributed by atoms with E-state index >= 15 is 0 Å². The molecular weight excluding hydrogens is 244 g/mol. The average molecular weight is 272 g/mol. The minimum absolute atomic E-state index is 0.570. The number of likely N-dealkylation sites (N-methyl/N-ethyl adjacent to an activating group) is 1. The molecule has 2 aliphatic carbocycles. The first-order valence-corrected chi connectivity index (χ1v) is 8.36. The van der Waals surface area contributed by atoms with Gasteiger partial charge in [0.2, 0.25) is 0 Å². The van der Waals surface area contributed by atoms with Crippen LogP contribution >= 0.6 is 0 Å². The number of benzene rings is 1. The number of hydrogen-bond acceptors (Lipinski definition) is 2. The van der Waals surface area contributed by atoms with Crippen LogP contribution in [0.25, 0.3) is 0 Å². The molecule has 2 unspecified atom stereocenters. The van der Waals surface area contributed by atoms with Crippen molar-refractivity contribution in [1.82, 2.24) is 10.2 Å². The summed E-state index contributed by atoms with van der Waals surface area (Å²) >= 11 is 0. The van der Waals surface area contributed by atoms with E-state index in [-0.39, 0.29) is 0 Å². The summed E-state index contributed by atoms with van der Waals surface area (Å²) in [5, 5.41) is 3.80. The molecule has 1 N–H and O–H groups in total. The fourth-order valence-electron chi connectivity index (χ4n) is 3.64. The molecule has 2 aliphatic rings. The second-order valence-corrected chi connectivity index (χ2v) is 6.47. The van der Waals surface area contributed by atoms with E-state index in [1.807, 2.05) is 0 Å². The molecule has 2 nitrogen and oxygen atoms in total. The van der Waals surface area contributed by atoms with Gasteiger partial charge in [-0.1, -0.05) is 38.1 Å². The van der Waals surface area contributed by atoms with Crippen LogP contribution < -0.4 is 5.32 Å². The van der Waals surface area contributed by atoms with Gasteiger partial charge in [-0.2, -0.15) is 0 Å². The maximum absolute atomic E-state index is 3.80. The molecule has 1 saturated carbocycles. The SMILES string of the molecule is CCN(CCNC1CCC(C)c2ccccc21)C1CC1. The minimum Gasteiger partial charge on any atom is -0.309 e. The van der Waals surface area contributed by atoms with Crippen molar-refractivity contribution in [2.45, 2.75) is 57.5 Å². The van der Waals surface area contributed by atoms with Crippen LogP contribution in [0.3, 0.4) is 0 Å². The molecule has 1 fully saturated rings. The summed E-state index contributed by atoms with van der Waals surface area (Å²) in [6.45, 7) is 8.18. The molecule has 3 rings (SSSR count). The Balaban J connectivity index is 1.57. The van der Waals surface area contributed by atoms with Crippen LogP contribution in [0.15, 0.2) is 24.3 Å². The van der Waals surface area contributed by atoms with Gasteiger partial charge < -0.3 is 5.32 Å². The Labute approximate surface area is 123 Å². The molecule has 1 aromatic rings. The summed E-state index contributed by atoms with van der Waals surface area (Å²) in [5.74, 6) is 0.725. The first-order valence-electron chi connectivity index (χ1n) is 8.36. The van der Waals surface area contributed by atoms with E-state index in [1.165, 1.54) is 38.8 Å². The van der Waals surface area contributed by atoms with E-state index in [4.69, 9.17) is 0 Å². The highest BCUT2D eigenvalue weighted by Gasteiger charge is 2.28. The van der Waals surface area contributed by atoms with Crippen molar-refractivity contribution in [3.05, 3.63) is 35.4 Å². The average Bonchev–Trinajstić information content (AvgIpc) is 3.31. The van der Waals surface area contributed by atoms with E-state index in [0.717, 1.165) is 18.5 Å². The third kappa shape index (κ3) is 3.07. The van der Waals surface area contributed by atoms with Crippen molar-refractivity contribution in [1.29, 1.82) is 0 Å². The van der Waals surface area contributed by atoms with Crippen molar-refractivity contribution in [2.75, 3.05) is 19.6 Å². The molecule has 0 amide bonds. The summed E-state index contributed by atoms with van der Waals surface area (Å²) in [5.41, 5.74) is 3.10. The molecule has 2 atom stereocenters. The highest BCUT2D eigenvalue weighted by Crippen LogP contribution is 2.36. The van der Waals surface area contributed by atoms with Crippen molar-refractivity contribution in [3.63, 3.8) is 0 Å². The van der Waals surface area contributed by atoms with E-state index < -0.39 is 0 Å². The van der Waals surface area contributed by atoms with Gasteiger partial charge in [-0.05, 0) is 49.3 Å². The Morgan fingerprint density at radius 2 is 1.85 bits per heavy atom. The fraction of sp³-hybridized carbons (Fsp3) is 0.667. The molecule has 2 heteroatoms. The Kier molecular flexibility index (Phi) is 4.42. The second kappa shape index (κ2) is 6.28. The maximum Gasteiger partial charge on any atom is 0.0323 e. The van der Waals surface area contributed by atoms with Gasteiger partial charge in [-0.25, -0.2) is 0 Å². The standard InChI is InChI=1S/C18H28N2/c1-3-20(15-9-10-15)13-12-19-18-11-8-14(2)16-6-4-5-7-17(16)18/h4-7,14-15,18-19H,3,8-13H2,1-2H3. The van der Waals surface area contributed by atoms with Gasteiger partial charge in [0.15, 0.2) is 0 Å². The first-order chi connectivity index (χ1) is 9.79. The topological polar surface area (TPSA) is 15.3 Å². The van der Waals surface area contributed by atoms with Gasteiger partial charge in [0.25, 0.3) is 0 Å². The Morgan fingerprint density at radius 1 is 1.10 bits per heavy atom. The molecule has 0 radical (unpaired) electrons. The lowest BCUT2D eigenvalue weighted by Gasteiger charge is -2.31. The molecule has 0 aliphatic heterocycles. The van der Waals surface area contributed by atoms with E-state index in [2.05, 4.69) is 48.3 Å². The summed E-state index contributed by atoms with van der Waals surface area (Å²) in [7, 11) is 0. The van der Waals surface area contributed by atoms with Crippen molar-refractivity contribution < 1.29 is 0 Å². The van der Waals surface area contributed by atoms with Gasteiger partial charge in [-0.3, -0.25) is 4.90 Å². The molecule has 0 aromatic heterocycles. The van der Waals surface area contributed by atoms with Crippen molar-refractivity contribution in [2.24, 2.45) is 0 Å². The van der Waals surface area contributed by atoms with E-state index in [0.29, 0.717) is 6.04 Å². The van der Waals surface area contributed by atoms with Crippen molar-refractivity contribution >= 4 is 0 Å². The van der Waals surface area contributed by atoms with Gasteiger partial charge in [-0.15, -0.1) is 0 Å². The quantitative estimate of drug-likeness (QED) is 0.849. The lowest BCUT2D eigenvalue weighted by atomic mass is 9.81. The molecule has 20 heavy (non-hydrogen) atoms. The molecule has 0 spiro atoms. The lowest BCUT2D eigenvalue weighted by molar-refractivity contribution is 0.269. The number of nitrogens with zero attached hydrogens (tertiary/aromatic N) is 1. The number of hydrogen-bond donors (Lipinski definition) is 1. The van der Waals surface area contributed by atoms with Crippen LogP contribution in [0.2, 0.25) is 0 Å². The Morgan fingerprint density at radius 3 is 2.55 bits per heavy atom. The Bertz CT molecular complexity index is 439. The van der Waals surface area contributed by atoms with Gasteiger partial charge in [0.1, 0.15) is 0 Å². The van der Waals surface area contributed by atoms with Crippen LogP contribution in [0.4, 0.5) is 0 Å². The molecule has 1 aromatic carbocycles. The lowest BCUT2D eigenvalue weighted by Crippen LogP contribution is -2.36. The van der Waals surface area contributed by atoms with Gasteiger partial charge >= 0.3 is 0 Å². The highest BCUT2D eigenvalue weighted by molar-refractivity contribution is 5.34. The number of nitrogens with one attached hydrogen (secondary N) is 1. The summed E-state index contributed by atoms with van der Waals surface area (Å²) in [6.07, 6.45) is 5.43. The van der Waals surface area contributed by atoms with E-state index in [1.54, 1.807) is 11.1 Å². The van der Waals surface area contributed by atoms with Crippen LogP contribution in [-0.2, 0) is 0 Å². The smallest absolute Gasteiger partial charge is 0.0323 e. The van der Waals surface area contributed by atoms with Crippen LogP contribution in [-0.4, -0.2) is 30.6 Å². The zero-order chi connectivity index (χ0) is 13.9. The molecular formula is C18H28N2. The summed E-state index contributed by atoms with van der Waals surface area (Å²) < 4.78 is 0. The van der Waals surface area contributed by atoms with Gasteiger partial charge in [0.05, 0.1) is 0 Å². The predicted molar refractivity (Wildman–Crippen MR) is 85.1 cm³/mol. The highest BCUT2D eigenvalue weighted by atomic mass is 15.2. The largest absolute Gasteiger partial charge is 0.309 e. The monoisotopic (exact) mass is 272 g/mol. The zero-order valence-electron chi connectivity index (χ0n) is 12.9. The first kappa shape index (κ1) is 14.1. The van der Waals surface area contributed by atoms with Crippen LogP contribution in [0.5, 0.6) is 0 Å².